The molecule has 0 spiro atoms. The zero-order chi connectivity index (χ0) is 16.8. The molecule has 5 nitrogen and oxygen atoms in total. The Labute approximate surface area is 136 Å². The van der Waals surface area contributed by atoms with E-state index in [-0.39, 0.29) is 11.5 Å². The molecule has 0 unspecified atom stereocenters. The second-order valence-electron chi connectivity index (χ2n) is 5.75. The van der Waals surface area contributed by atoms with Crippen LogP contribution in [0, 0.1) is 5.82 Å². The van der Waals surface area contributed by atoms with Crippen molar-refractivity contribution in [1.82, 2.24) is 10.3 Å². The molecule has 0 aliphatic carbocycles. The van der Waals surface area contributed by atoms with Gasteiger partial charge in [0.2, 0.25) is 0 Å². The molecule has 0 bridgehead atoms. The van der Waals surface area contributed by atoms with Crippen LogP contribution in [0.2, 0.25) is 0 Å². The van der Waals surface area contributed by atoms with Crippen molar-refractivity contribution in [3.8, 4) is 11.3 Å². The third-order valence-corrected chi connectivity index (χ3v) is 4.27. The highest BCUT2D eigenvalue weighted by Crippen LogP contribution is 2.34. The molecule has 4 rings (SSSR count). The fourth-order valence-electron chi connectivity index (χ4n) is 3.25. The van der Waals surface area contributed by atoms with Crippen LogP contribution in [-0.2, 0) is 6.42 Å². The first-order valence-corrected chi connectivity index (χ1v) is 7.50. The standard InChI is InChI=1S/C18H13FN2O3/c19-11-7-13-15-12(4-5-20-17(13)22)16(21-14(15)8-11)9-2-1-3-10(6-9)18(23)24/h1-3,6-8,21H,4-5H2,(H,20,22)(H,23,24). The average molecular weight is 324 g/mol. The third-order valence-electron chi connectivity index (χ3n) is 4.27. The summed E-state index contributed by atoms with van der Waals surface area (Å²) in [7, 11) is 0. The molecule has 3 N–H and O–H groups in total. The number of aromatic nitrogens is 1. The Hall–Kier alpha value is -3.15. The first-order valence-electron chi connectivity index (χ1n) is 7.50. The number of hydrogen-bond acceptors (Lipinski definition) is 2. The minimum Gasteiger partial charge on any atom is -0.478 e. The largest absolute Gasteiger partial charge is 0.478 e. The van der Waals surface area contributed by atoms with Crippen LogP contribution < -0.4 is 5.32 Å². The number of aromatic carboxylic acids is 1. The van der Waals surface area contributed by atoms with E-state index in [1.165, 1.54) is 18.2 Å². The van der Waals surface area contributed by atoms with E-state index in [9.17, 15) is 19.1 Å². The van der Waals surface area contributed by atoms with Crippen LogP contribution in [0.1, 0.15) is 26.3 Å². The van der Waals surface area contributed by atoms with Gasteiger partial charge in [-0.05, 0) is 41.8 Å². The van der Waals surface area contributed by atoms with E-state index in [2.05, 4.69) is 10.3 Å². The minimum absolute atomic E-state index is 0.174. The van der Waals surface area contributed by atoms with Gasteiger partial charge in [0.05, 0.1) is 11.1 Å². The number of H-pyrrole nitrogens is 1. The number of carbonyl (C=O) groups excluding carboxylic acids is 1. The lowest BCUT2D eigenvalue weighted by molar-refractivity contribution is 0.0696. The van der Waals surface area contributed by atoms with E-state index < -0.39 is 11.8 Å². The Morgan fingerprint density at radius 2 is 2.04 bits per heavy atom. The SMILES string of the molecule is O=C(O)c1cccc(-c2[nH]c3cc(F)cc4c3c2CCNC4=O)c1. The highest BCUT2D eigenvalue weighted by Gasteiger charge is 2.23. The lowest BCUT2D eigenvalue weighted by Crippen LogP contribution is -2.23. The minimum atomic E-state index is -1.01. The number of rotatable bonds is 2. The monoisotopic (exact) mass is 324 g/mol. The van der Waals surface area contributed by atoms with Gasteiger partial charge in [-0.3, -0.25) is 4.79 Å². The molecule has 6 heteroatoms. The lowest BCUT2D eigenvalue weighted by atomic mass is 9.99. The molecule has 2 heterocycles. The van der Waals surface area contributed by atoms with E-state index in [1.54, 1.807) is 18.2 Å². The molecule has 1 aliphatic rings. The lowest BCUT2D eigenvalue weighted by Gasteiger charge is -2.05. The van der Waals surface area contributed by atoms with Gasteiger partial charge in [-0.1, -0.05) is 12.1 Å². The number of carboxylic acids is 1. The zero-order valence-corrected chi connectivity index (χ0v) is 12.5. The van der Waals surface area contributed by atoms with Crippen molar-refractivity contribution in [2.75, 3.05) is 6.54 Å². The predicted octanol–water partition coefficient (Wildman–Crippen LogP) is 2.96. The van der Waals surface area contributed by atoms with Gasteiger partial charge in [-0.2, -0.15) is 0 Å². The van der Waals surface area contributed by atoms with Crippen molar-refractivity contribution >= 4 is 22.8 Å². The number of carboxylic acid groups (broad SMARTS) is 1. The van der Waals surface area contributed by atoms with Crippen LogP contribution in [0.4, 0.5) is 4.39 Å². The molecule has 1 amide bonds. The number of carbonyl (C=O) groups is 2. The highest BCUT2D eigenvalue weighted by molar-refractivity contribution is 6.10. The van der Waals surface area contributed by atoms with Crippen LogP contribution >= 0.6 is 0 Å². The van der Waals surface area contributed by atoms with E-state index >= 15 is 0 Å². The maximum Gasteiger partial charge on any atom is 0.335 e. The summed E-state index contributed by atoms with van der Waals surface area (Å²) in [5.74, 6) is -1.81. The maximum atomic E-state index is 13.8. The first-order chi connectivity index (χ1) is 11.5. The van der Waals surface area contributed by atoms with E-state index in [0.717, 1.165) is 11.3 Å². The molecular weight excluding hydrogens is 311 g/mol. The first kappa shape index (κ1) is 14.4. The van der Waals surface area contributed by atoms with E-state index in [0.29, 0.717) is 35.0 Å². The van der Waals surface area contributed by atoms with Gasteiger partial charge in [0, 0.05) is 23.1 Å². The zero-order valence-electron chi connectivity index (χ0n) is 12.5. The molecule has 24 heavy (non-hydrogen) atoms. The number of hydrogen-bond donors (Lipinski definition) is 3. The second-order valence-corrected chi connectivity index (χ2v) is 5.75. The van der Waals surface area contributed by atoms with Crippen molar-refractivity contribution in [3.63, 3.8) is 0 Å². The van der Waals surface area contributed by atoms with Crippen molar-refractivity contribution in [1.29, 1.82) is 0 Å². The summed E-state index contributed by atoms with van der Waals surface area (Å²) < 4.78 is 13.8. The molecular formula is C18H13FN2O3. The molecule has 2 aromatic carbocycles. The Morgan fingerprint density at radius 1 is 1.21 bits per heavy atom. The Balaban J connectivity index is 2.02. The molecule has 0 radical (unpaired) electrons. The van der Waals surface area contributed by atoms with Crippen molar-refractivity contribution in [2.24, 2.45) is 0 Å². The fraction of sp³-hybridized carbons (Fsp3) is 0.111. The molecule has 0 saturated carbocycles. The van der Waals surface area contributed by atoms with Crippen molar-refractivity contribution < 1.29 is 19.1 Å². The van der Waals surface area contributed by atoms with E-state index in [1.807, 2.05) is 0 Å². The summed E-state index contributed by atoms with van der Waals surface area (Å²) in [6.45, 7) is 0.438. The number of benzene rings is 2. The van der Waals surface area contributed by atoms with Crippen LogP contribution in [0.3, 0.4) is 0 Å². The maximum absolute atomic E-state index is 13.8. The molecule has 0 saturated heterocycles. The summed E-state index contributed by atoms with van der Waals surface area (Å²) in [6.07, 6.45) is 0.580. The quantitative estimate of drug-likeness (QED) is 0.678. The number of amides is 1. The van der Waals surface area contributed by atoms with Crippen molar-refractivity contribution in [2.45, 2.75) is 6.42 Å². The molecule has 3 aromatic rings. The van der Waals surface area contributed by atoms with Gasteiger partial charge in [0.25, 0.3) is 5.91 Å². The molecule has 120 valence electrons. The summed E-state index contributed by atoms with van der Waals surface area (Å²) in [6, 6.07) is 9.13. The topological polar surface area (TPSA) is 82.2 Å². The summed E-state index contributed by atoms with van der Waals surface area (Å²) in [5.41, 5.74) is 3.31. The smallest absolute Gasteiger partial charge is 0.335 e. The summed E-state index contributed by atoms with van der Waals surface area (Å²) in [5, 5.41) is 12.6. The Morgan fingerprint density at radius 3 is 2.83 bits per heavy atom. The van der Waals surface area contributed by atoms with Crippen LogP contribution in [-0.4, -0.2) is 28.5 Å². The Bertz CT molecular complexity index is 1010. The number of halogens is 1. The van der Waals surface area contributed by atoms with Crippen molar-refractivity contribution in [3.05, 3.63) is 58.9 Å². The van der Waals surface area contributed by atoms with Gasteiger partial charge in [-0.25, -0.2) is 9.18 Å². The second kappa shape index (κ2) is 5.19. The van der Waals surface area contributed by atoms with Gasteiger partial charge in [0.15, 0.2) is 0 Å². The van der Waals surface area contributed by atoms with Gasteiger partial charge >= 0.3 is 5.97 Å². The summed E-state index contributed by atoms with van der Waals surface area (Å²) >= 11 is 0. The molecule has 1 aromatic heterocycles. The highest BCUT2D eigenvalue weighted by atomic mass is 19.1. The number of aromatic amines is 1. The van der Waals surface area contributed by atoms with Gasteiger partial charge in [0.1, 0.15) is 5.82 Å². The molecule has 0 atom stereocenters. The van der Waals surface area contributed by atoms with Crippen LogP contribution in [0.25, 0.3) is 22.2 Å². The van der Waals surface area contributed by atoms with Crippen LogP contribution in [0.15, 0.2) is 36.4 Å². The predicted molar refractivity (Wildman–Crippen MR) is 86.7 cm³/mol. The summed E-state index contributed by atoms with van der Waals surface area (Å²) in [4.78, 5) is 26.5. The third kappa shape index (κ3) is 2.15. The normalized spacial score (nSPS) is 13.6. The molecule has 0 fully saturated rings. The average Bonchev–Trinajstić information content (AvgIpc) is 2.83. The number of nitrogens with one attached hydrogen (secondary N) is 2. The van der Waals surface area contributed by atoms with Crippen LogP contribution in [0.5, 0.6) is 0 Å². The molecule has 1 aliphatic heterocycles. The fourth-order valence-corrected chi connectivity index (χ4v) is 3.25. The van der Waals surface area contributed by atoms with E-state index in [4.69, 9.17) is 0 Å². The van der Waals surface area contributed by atoms with Gasteiger partial charge < -0.3 is 15.4 Å². The Kier molecular flexibility index (Phi) is 3.13. The van der Waals surface area contributed by atoms with Gasteiger partial charge in [-0.15, -0.1) is 0 Å².